The first-order valence-corrected chi connectivity index (χ1v) is 5.58. The van der Waals surface area contributed by atoms with Gasteiger partial charge in [0.2, 0.25) is 5.91 Å². The Kier molecular flexibility index (Phi) is 4.36. The summed E-state index contributed by atoms with van der Waals surface area (Å²) < 4.78 is 0. The van der Waals surface area contributed by atoms with E-state index in [2.05, 4.69) is 11.9 Å². The van der Waals surface area contributed by atoms with Gasteiger partial charge >= 0.3 is 5.97 Å². The molecule has 6 nitrogen and oxygen atoms in total. The van der Waals surface area contributed by atoms with E-state index in [0.29, 0.717) is 5.75 Å². The summed E-state index contributed by atoms with van der Waals surface area (Å²) >= 11 is 1.02. The van der Waals surface area contributed by atoms with E-state index in [4.69, 9.17) is 5.11 Å². The third kappa shape index (κ3) is 3.27. The minimum Gasteiger partial charge on any atom is -0.480 e. The minimum absolute atomic E-state index is 0.155. The lowest BCUT2D eigenvalue weighted by atomic mass is 10.3. The molecule has 0 aromatic heterocycles. The van der Waals surface area contributed by atoms with Crippen molar-refractivity contribution in [2.45, 2.75) is 6.04 Å². The van der Waals surface area contributed by atoms with Gasteiger partial charge in [-0.15, -0.1) is 6.58 Å². The van der Waals surface area contributed by atoms with Gasteiger partial charge in [-0.05, 0) is 0 Å². The fourth-order valence-corrected chi connectivity index (χ4v) is 2.06. The molecule has 1 aliphatic heterocycles. The van der Waals surface area contributed by atoms with Crippen LogP contribution >= 0.6 is 11.8 Å². The van der Waals surface area contributed by atoms with Gasteiger partial charge in [-0.1, -0.05) is 17.8 Å². The summed E-state index contributed by atoms with van der Waals surface area (Å²) in [4.78, 5) is 34.4. The Morgan fingerprint density at radius 3 is 2.81 bits per heavy atom. The molecule has 0 saturated carbocycles. The zero-order valence-electron chi connectivity index (χ0n) is 8.51. The third-order valence-corrected chi connectivity index (χ3v) is 2.84. The fourth-order valence-electron chi connectivity index (χ4n) is 1.29. The molecule has 1 saturated heterocycles. The largest absolute Gasteiger partial charge is 0.480 e. The molecule has 0 spiro atoms. The molecule has 88 valence electrons. The molecular weight excluding hydrogens is 232 g/mol. The number of amides is 2. The molecule has 0 aromatic rings. The smallest absolute Gasteiger partial charge is 0.323 e. The lowest BCUT2D eigenvalue weighted by Gasteiger charge is -2.21. The number of carboxylic acids is 1. The van der Waals surface area contributed by atoms with Crippen molar-refractivity contribution in [2.75, 3.05) is 18.8 Å². The molecule has 2 amide bonds. The van der Waals surface area contributed by atoms with Crippen LogP contribution in [0.3, 0.4) is 0 Å². The fraction of sp³-hybridized carbons (Fsp3) is 0.444. The maximum absolute atomic E-state index is 11.8. The van der Waals surface area contributed by atoms with E-state index in [9.17, 15) is 14.4 Å². The SMILES string of the molecule is C=CCN(CC(=O)O)C(=O)C1CSC(=O)N1. The maximum atomic E-state index is 11.8. The Balaban J connectivity index is 2.62. The van der Waals surface area contributed by atoms with Gasteiger partial charge in [0.05, 0.1) is 0 Å². The van der Waals surface area contributed by atoms with E-state index in [1.165, 1.54) is 6.08 Å². The number of rotatable bonds is 5. The average Bonchev–Trinajstić information content (AvgIpc) is 2.62. The molecule has 16 heavy (non-hydrogen) atoms. The normalized spacial score (nSPS) is 19.0. The summed E-state index contributed by atoms with van der Waals surface area (Å²) in [6, 6.07) is -0.628. The summed E-state index contributed by atoms with van der Waals surface area (Å²) in [6.07, 6.45) is 1.45. The number of carbonyl (C=O) groups excluding carboxylic acids is 2. The molecule has 1 atom stereocenters. The second-order valence-corrected chi connectivity index (χ2v) is 4.19. The Hall–Kier alpha value is -1.50. The van der Waals surface area contributed by atoms with Crippen LogP contribution in [0.5, 0.6) is 0 Å². The van der Waals surface area contributed by atoms with Crippen LogP contribution in [0.4, 0.5) is 4.79 Å². The van der Waals surface area contributed by atoms with Crippen LogP contribution in [0.2, 0.25) is 0 Å². The molecule has 0 aliphatic carbocycles. The number of carbonyl (C=O) groups is 3. The van der Waals surface area contributed by atoms with Crippen molar-refractivity contribution in [1.29, 1.82) is 0 Å². The molecule has 1 fully saturated rings. The second kappa shape index (κ2) is 5.55. The Labute approximate surface area is 96.7 Å². The van der Waals surface area contributed by atoms with Crippen molar-refractivity contribution in [2.24, 2.45) is 0 Å². The first-order chi connectivity index (χ1) is 7.54. The molecule has 0 bridgehead atoms. The van der Waals surface area contributed by atoms with Crippen molar-refractivity contribution in [3.8, 4) is 0 Å². The highest BCUT2D eigenvalue weighted by Crippen LogP contribution is 2.14. The highest BCUT2D eigenvalue weighted by molar-refractivity contribution is 8.14. The van der Waals surface area contributed by atoms with Crippen LogP contribution in [0.1, 0.15) is 0 Å². The van der Waals surface area contributed by atoms with E-state index in [1.54, 1.807) is 0 Å². The molecule has 0 radical (unpaired) electrons. The van der Waals surface area contributed by atoms with E-state index in [0.717, 1.165) is 16.7 Å². The van der Waals surface area contributed by atoms with Crippen molar-refractivity contribution >= 4 is 28.9 Å². The Morgan fingerprint density at radius 1 is 1.69 bits per heavy atom. The monoisotopic (exact) mass is 244 g/mol. The minimum atomic E-state index is -1.09. The molecule has 0 aromatic carbocycles. The number of nitrogens with one attached hydrogen (secondary N) is 1. The topological polar surface area (TPSA) is 86.7 Å². The number of hydrogen-bond donors (Lipinski definition) is 2. The van der Waals surface area contributed by atoms with Gasteiger partial charge in [0.15, 0.2) is 0 Å². The molecule has 1 rings (SSSR count). The van der Waals surface area contributed by atoms with Crippen LogP contribution in [-0.4, -0.2) is 52.0 Å². The Morgan fingerprint density at radius 2 is 2.38 bits per heavy atom. The molecular formula is C9H12N2O4S. The molecule has 1 aliphatic rings. The van der Waals surface area contributed by atoms with E-state index >= 15 is 0 Å². The van der Waals surface area contributed by atoms with Gasteiger partial charge in [0, 0.05) is 12.3 Å². The third-order valence-electron chi connectivity index (χ3n) is 1.96. The van der Waals surface area contributed by atoms with Crippen LogP contribution < -0.4 is 5.32 Å². The lowest BCUT2D eigenvalue weighted by molar-refractivity contribution is -0.144. The summed E-state index contributed by atoms with van der Waals surface area (Å²) in [7, 11) is 0. The van der Waals surface area contributed by atoms with Gasteiger partial charge in [-0.3, -0.25) is 14.4 Å². The Bertz CT molecular complexity index is 331. The summed E-state index contributed by atoms with van der Waals surface area (Å²) in [5, 5.41) is 10.8. The zero-order chi connectivity index (χ0) is 12.1. The number of hydrogen-bond acceptors (Lipinski definition) is 4. The van der Waals surface area contributed by atoms with Crippen LogP contribution in [0.25, 0.3) is 0 Å². The van der Waals surface area contributed by atoms with Gasteiger partial charge in [0.1, 0.15) is 12.6 Å². The van der Waals surface area contributed by atoms with Crippen molar-refractivity contribution in [3.05, 3.63) is 12.7 Å². The van der Waals surface area contributed by atoms with Crippen LogP contribution in [-0.2, 0) is 9.59 Å². The number of nitrogens with zero attached hydrogens (tertiary/aromatic N) is 1. The number of aliphatic carboxylic acids is 1. The van der Waals surface area contributed by atoms with E-state index < -0.39 is 12.0 Å². The highest BCUT2D eigenvalue weighted by atomic mass is 32.2. The standard InChI is InChI=1S/C9H12N2O4S/c1-2-3-11(4-7(12)13)8(14)6-5-16-9(15)10-6/h2,6H,1,3-5H2,(H,10,15)(H,12,13). The number of carboxylic acid groups (broad SMARTS) is 1. The van der Waals surface area contributed by atoms with Gasteiger partial charge in [-0.2, -0.15) is 0 Å². The predicted octanol–water partition coefficient (Wildman–Crippen LogP) is -0.0894. The lowest BCUT2D eigenvalue weighted by Crippen LogP contribution is -2.47. The van der Waals surface area contributed by atoms with Gasteiger partial charge < -0.3 is 15.3 Å². The summed E-state index contributed by atoms with van der Waals surface area (Å²) in [5.74, 6) is -1.14. The highest BCUT2D eigenvalue weighted by Gasteiger charge is 2.31. The van der Waals surface area contributed by atoms with Crippen molar-refractivity contribution < 1.29 is 19.5 Å². The molecule has 2 N–H and O–H groups in total. The first-order valence-electron chi connectivity index (χ1n) is 4.59. The van der Waals surface area contributed by atoms with E-state index in [-0.39, 0.29) is 24.2 Å². The van der Waals surface area contributed by atoms with Crippen molar-refractivity contribution in [3.63, 3.8) is 0 Å². The number of thioether (sulfide) groups is 1. The van der Waals surface area contributed by atoms with Crippen LogP contribution in [0.15, 0.2) is 12.7 Å². The molecule has 7 heteroatoms. The average molecular weight is 244 g/mol. The second-order valence-electron chi connectivity index (χ2n) is 3.20. The van der Waals surface area contributed by atoms with Crippen molar-refractivity contribution in [1.82, 2.24) is 10.2 Å². The van der Waals surface area contributed by atoms with E-state index in [1.807, 2.05) is 0 Å². The first kappa shape index (κ1) is 12.6. The quantitative estimate of drug-likeness (QED) is 0.660. The summed E-state index contributed by atoms with van der Waals surface area (Å²) in [6.45, 7) is 3.22. The van der Waals surface area contributed by atoms with Gasteiger partial charge in [-0.25, -0.2) is 0 Å². The van der Waals surface area contributed by atoms with Crippen LogP contribution in [0, 0.1) is 0 Å². The molecule has 1 heterocycles. The molecule has 1 unspecified atom stereocenters. The van der Waals surface area contributed by atoms with Gasteiger partial charge in [0.25, 0.3) is 5.24 Å². The maximum Gasteiger partial charge on any atom is 0.323 e. The predicted molar refractivity (Wildman–Crippen MR) is 59.2 cm³/mol. The zero-order valence-corrected chi connectivity index (χ0v) is 9.33. The summed E-state index contributed by atoms with van der Waals surface area (Å²) in [5.41, 5.74) is 0.